The fourth-order valence-electron chi connectivity index (χ4n) is 3.33. The Balaban J connectivity index is 2.01. The van der Waals surface area contributed by atoms with Crippen LogP contribution in [0.15, 0.2) is 42.6 Å². The summed E-state index contributed by atoms with van der Waals surface area (Å²) in [6.07, 6.45) is 1.90. The van der Waals surface area contributed by atoms with Crippen molar-refractivity contribution in [1.82, 2.24) is 14.6 Å². The Morgan fingerprint density at radius 3 is 2.46 bits per heavy atom. The van der Waals surface area contributed by atoms with Crippen LogP contribution >= 0.6 is 11.3 Å². The highest BCUT2D eigenvalue weighted by Gasteiger charge is 2.23. The van der Waals surface area contributed by atoms with Crippen molar-refractivity contribution in [3.63, 3.8) is 0 Å². The maximum Gasteiger partial charge on any atom is 0.261 e. The van der Waals surface area contributed by atoms with Gasteiger partial charge in [-0.15, -0.1) is 11.3 Å². The number of carbonyl (C=O) groups is 1. The van der Waals surface area contributed by atoms with Crippen LogP contribution in [0.2, 0.25) is 0 Å². The van der Waals surface area contributed by atoms with Gasteiger partial charge in [0.15, 0.2) is 0 Å². The third-order valence-electron chi connectivity index (χ3n) is 4.50. The van der Waals surface area contributed by atoms with E-state index in [4.69, 9.17) is 10.7 Å². The van der Waals surface area contributed by atoms with Crippen molar-refractivity contribution in [3.8, 4) is 21.8 Å². The highest BCUT2D eigenvalue weighted by Crippen LogP contribution is 2.38. The molecule has 0 radical (unpaired) electrons. The number of carbonyl (C=O) groups excluding carboxylic acids is 1. The number of benzene rings is 1. The van der Waals surface area contributed by atoms with E-state index >= 15 is 0 Å². The maximum atomic E-state index is 12.1. The zero-order valence-electron chi connectivity index (χ0n) is 14.8. The van der Waals surface area contributed by atoms with Gasteiger partial charge in [-0.2, -0.15) is 5.10 Å². The number of nitrogens with zero attached hydrogens (tertiary/aromatic N) is 3. The van der Waals surface area contributed by atoms with Gasteiger partial charge in [0.05, 0.1) is 22.5 Å². The van der Waals surface area contributed by atoms with Crippen LogP contribution in [0.4, 0.5) is 0 Å². The summed E-state index contributed by atoms with van der Waals surface area (Å²) >= 11 is 1.33. The molecule has 4 aromatic rings. The van der Waals surface area contributed by atoms with E-state index in [9.17, 15) is 4.79 Å². The molecule has 0 aliphatic heterocycles. The number of rotatable bonds is 3. The lowest BCUT2D eigenvalue weighted by atomic mass is 9.99. The number of aromatic nitrogens is 3. The Labute approximate surface area is 155 Å². The molecular formula is C20H18N4OS. The summed E-state index contributed by atoms with van der Waals surface area (Å²) in [5.41, 5.74) is 12.2. The Bertz CT molecular complexity index is 1140. The Hall–Kier alpha value is -2.99. The van der Waals surface area contributed by atoms with E-state index in [-0.39, 0.29) is 0 Å². The summed E-state index contributed by atoms with van der Waals surface area (Å²) in [5.74, 6) is -0.458. The lowest BCUT2D eigenvalue weighted by molar-refractivity contribution is 0.100. The van der Waals surface area contributed by atoms with Crippen molar-refractivity contribution >= 4 is 22.8 Å². The molecule has 6 heteroatoms. The molecule has 3 aromatic heterocycles. The molecule has 0 atom stereocenters. The first-order valence-corrected chi connectivity index (χ1v) is 9.10. The van der Waals surface area contributed by atoms with Gasteiger partial charge in [-0.25, -0.2) is 9.50 Å². The normalized spacial score (nSPS) is 11.2. The number of fused-ring (bicyclic) bond motifs is 1. The predicted molar refractivity (Wildman–Crippen MR) is 104 cm³/mol. The van der Waals surface area contributed by atoms with Gasteiger partial charge in [0.2, 0.25) is 0 Å². The average Bonchev–Trinajstić information content (AvgIpc) is 3.15. The van der Waals surface area contributed by atoms with Crippen LogP contribution in [-0.4, -0.2) is 20.5 Å². The molecule has 1 amide bonds. The zero-order chi connectivity index (χ0) is 18.4. The summed E-state index contributed by atoms with van der Waals surface area (Å²) in [6.45, 7) is 5.99. The first-order valence-electron chi connectivity index (χ1n) is 8.29. The third-order valence-corrected chi connectivity index (χ3v) is 5.59. The first kappa shape index (κ1) is 16.5. The summed E-state index contributed by atoms with van der Waals surface area (Å²) in [4.78, 5) is 17.4. The maximum absolute atomic E-state index is 12.1. The molecule has 0 saturated carbocycles. The average molecular weight is 362 g/mol. The number of pyridine rings is 1. The molecule has 0 bridgehead atoms. The molecule has 0 spiro atoms. The van der Waals surface area contributed by atoms with Gasteiger partial charge in [-0.3, -0.25) is 4.79 Å². The minimum atomic E-state index is -0.458. The molecule has 4 rings (SSSR count). The molecule has 5 nitrogen and oxygen atoms in total. The smallest absolute Gasteiger partial charge is 0.261 e. The monoisotopic (exact) mass is 362 g/mol. The summed E-state index contributed by atoms with van der Waals surface area (Å²) < 4.78 is 1.83. The number of nitrogens with two attached hydrogens (primary N) is 1. The molecular weight excluding hydrogens is 344 g/mol. The molecule has 0 aliphatic carbocycles. The van der Waals surface area contributed by atoms with Gasteiger partial charge >= 0.3 is 0 Å². The summed E-state index contributed by atoms with van der Waals surface area (Å²) in [6, 6.07) is 11.9. The number of hydrogen-bond donors (Lipinski definition) is 1. The van der Waals surface area contributed by atoms with E-state index in [2.05, 4.69) is 5.10 Å². The SMILES string of the molecule is Cc1cccc(C)c1-c1nc(-c2c(C)nn3ccccc23)sc1C(N)=O. The highest BCUT2D eigenvalue weighted by molar-refractivity contribution is 7.17. The van der Waals surface area contributed by atoms with E-state index in [1.54, 1.807) is 0 Å². The fourth-order valence-corrected chi connectivity index (χ4v) is 4.36. The molecule has 130 valence electrons. The van der Waals surface area contributed by atoms with Gasteiger partial charge in [-0.05, 0) is 44.0 Å². The summed E-state index contributed by atoms with van der Waals surface area (Å²) in [7, 11) is 0. The molecule has 2 N–H and O–H groups in total. The molecule has 26 heavy (non-hydrogen) atoms. The molecule has 0 saturated heterocycles. The van der Waals surface area contributed by atoms with Gasteiger partial charge < -0.3 is 5.73 Å². The van der Waals surface area contributed by atoms with Crippen LogP contribution in [0.25, 0.3) is 27.3 Å². The second-order valence-corrected chi connectivity index (χ2v) is 7.32. The number of primary amides is 1. The van der Waals surface area contributed by atoms with Crippen molar-refractivity contribution in [1.29, 1.82) is 0 Å². The topological polar surface area (TPSA) is 73.3 Å². The Morgan fingerprint density at radius 1 is 1.04 bits per heavy atom. The second-order valence-electron chi connectivity index (χ2n) is 6.32. The molecule has 0 aliphatic rings. The van der Waals surface area contributed by atoms with Crippen LogP contribution < -0.4 is 5.73 Å². The van der Waals surface area contributed by atoms with Crippen LogP contribution in [0.1, 0.15) is 26.5 Å². The van der Waals surface area contributed by atoms with E-state index in [1.165, 1.54) is 11.3 Å². The van der Waals surface area contributed by atoms with Crippen LogP contribution in [0.3, 0.4) is 0 Å². The van der Waals surface area contributed by atoms with E-state index < -0.39 is 5.91 Å². The van der Waals surface area contributed by atoms with Crippen LogP contribution in [-0.2, 0) is 0 Å². The van der Waals surface area contributed by atoms with E-state index in [0.29, 0.717) is 10.6 Å². The Kier molecular flexibility index (Phi) is 3.85. The van der Waals surface area contributed by atoms with Crippen molar-refractivity contribution < 1.29 is 4.79 Å². The molecule has 0 unspecified atom stereocenters. The zero-order valence-corrected chi connectivity index (χ0v) is 15.6. The minimum Gasteiger partial charge on any atom is -0.365 e. The van der Waals surface area contributed by atoms with E-state index in [1.807, 2.05) is 67.9 Å². The Morgan fingerprint density at radius 2 is 1.77 bits per heavy atom. The van der Waals surface area contributed by atoms with Crippen molar-refractivity contribution in [3.05, 3.63) is 64.3 Å². The molecule has 3 heterocycles. The number of amides is 1. The van der Waals surface area contributed by atoms with Crippen molar-refractivity contribution in [2.24, 2.45) is 5.73 Å². The fraction of sp³-hybridized carbons (Fsp3) is 0.150. The lowest BCUT2D eigenvalue weighted by Gasteiger charge is -2.08. The van der Waals surface area contributed by atoms with Gasteiger partial charge in [0.1, 0.15) is 9.88 Å². The standard InChI is InChI=1S/C20H18N4OS/c1-11-7-6-8-12(2)15(11)17-18(19(21)25)26-20(22-17)16-13(3)23-24-10-5-4-9-14(16)24/h4-10H,1-3H3,(H2,21,25). The van der Waals surface area contributed by atoms with Gasteiger partial charge in [-0.1, -0.05) is 24.3 Å². The highest BCUT2D eigenvalue weighted by atomic mass is 32.1. The third kappa shape index (κ3) is 2.50. The van der Waals surface area contributed by atoms with Gasteiger partial charge in [0, 0.05) is 11.8 Å². The van der Waals surface area contributed by atoms with Crippen LogP contribution in [0.5, 0.6) is 0 Å². The minimum absolute atomic E-state index is 0.458. The first-order chi connectivity index (χ1) is 12.5. The number of aryl methyl sites for hydroxylation is 3. The largest absolute Gasteiger partial charge is 0.365 e. The number of hydrogen-bond acceptors (Lipinski definition) is 4. The lowest BCUT2D eigenvalue weighted by Crippen LogP contribution is -2.10. The van der Waals surface area contributed by atoms with Gasteiger partial charge in [0.25, 0.3) is 5.91 Å². The van der Waals surface area contributed by atoms with Crippen molar-refractivity contribution in [2.75, 3.05) is 0 Å². The van der Waals surface area contributed by atoms with E-state index in [0.717, 1.165) is 38.5 Å². The quantitative estimate of drug-likeness (QED) is 0.595. The molecule has 0 fully saturated rings. The molecule has 1 aromatic carbocycles. The second kappa shape index (κ2) is 6.07. The number of thiazole rings is 1. The van der Waals surface area contributed by atoms with Crippen LogP contribution in [0, 0.1) is 20.8 Å². The van der Waals surface area contributed by atoms with Crippen molar-refractivity contribution in [2.45, 2.75) is 20.8 Å². The summed E-state index contributed by atoms with van der Waals surface area (Å²) in [5, 5.41) is 5.31. The predicted octanol–water partition coefficient (Wildman–Crippen LogP) is 4.15.